The molecule has 0 fully saturated rings. The van der Waals surface area contributed by atoms with Crippen LogP contribution in [-0.4, -0.2) is 32.6 Å². The first-order valence-electron chi connectivity index (χ1n) is 6.70. The first kappa shape index (κ1) is 14.9. The van der Waals surface area contributed by atoms with E-state index in [-0.39, 0.29) is 5.78 Å². The summed E-state index contributed by atoms with van der Waals surface area (Å²) in [6, 6.07) is 6.29. The zero-order valence-corrected chi connectivity index (χ0v) is 12.9. The molecule has 1 aliphatic rings. The van der Waals surface area contributed by atoms with Gasteiger partial charge in [0.2, 0.25) is 0 Å². The quantitative estimate of drug-likeness (QED) is 0.644. The van der Waals surface area contributed by atoms with Gasteiger partial charge in [0.25, 0.3) is 0 Å². The lowest BCUT2D eigenvalue weighted by Gasteiger charge is -2.18. The Hall–Kier alpha value is -1.46. The summed E-state index contributed by atoms with van der Waals surface area (Å²) in [7, 11) is 1.69. The van der Waals surface area contributed by atoms with Gasteiger partial charge in [0.1, 0.15) is 0 Å². The lowest BCUT2D eigenvalue weighted by molar-refractivity contribution is -0.112. The predicted octanol–water partition coefficient (Wildman–Crippen LogP) is 3.11. The highest BCUT2D eigenvalue weighted by Crippen LogP contribution is 2.46. The van der Waals surface area contributed by atoms with Crippen LogP contribution in [0.3, 0.4) is 0 Å². The molecule has 0 bridgehead atoms. The maximum Gasteiger partial charge on any atom is 0.155 e. The fourth-order valence-electron chi connectivity index (χ4n) is 2.12. The SMILES string of the molecule is CCN1/C(=C/C(C)=O)Sc2ccc(NCCOC)cc21. The number of ether oxygens (including phenoxy) is 1. The molecule has 0 aromatic heterocycles. The minimum Gasteiger partial charge on any atom is -0.383 e. The van der Waals surface area contributed by atoms with Crippen molar-refractivity contribution >= 4 is 28.9 Å². The highest BCUT2D eigenvalue weighted by molar-refractivity contribution is 8.03. The van der Waals surface area contributed by atoms with E-state index in [2.05, 4.69) is 35.3 Å². The average molecular weight is 292 g/mol. The average Bonchev–Trinajstić information content (AvgIpc) is 2.74. The Bertz CT molecular complexity index is 529. The molecule has 0 aliphatic carbocycles. The number of methoxy groups -OCH3 is 1. The third-order valence-corrected chi connectivity index (χ3v) is 4.12. The number of carbonyl (C=O) groups is 1. The molecule has 1 aromatic carbocycles. The van der Waals surface area contributed by atoms with Gasteiger partial charge in [0.15, 0.2) is 5.78 Å². The van der Waals surface area contributed by atoms with Gasteiger partial charge in [-0.05, 0) is 32.0 Å². The van der Waals surface area contributed by atoms with Crippen LogP contribution in [0.4, 0.5) is 11.4 Å². The first-order chi connectivity index (χ1) is 9.65. The Morgan fingerprint density at radius 1 is 1.50 bits per heavy atom. The van der Waals surface area contributed by atoms with Gasteiger partial charge in [0.05, 0.1) is 17.3 Å². The second-order valence-electron chi connectivity index (χ2n) is 4.54. The molecule has 5 heteroatoms. The van der Waals surface area contributed by atoms with E-state index in [1.54, 1.807) is 31.9 Å². The Labute approximate surface area is 124 Å². The van der Waals surface area contributed by atoms with E-state index >= 15 is 0 Å². The molecule has 4 nitrogen and oxygen atoms in total. The molecule has 0 amide bonds. The molecule has 0 saturated carbocycles. The molecule has 0 radical (unpaired) electrons. The second-order valence-corrected chi connectivity index (χ2v) is 5.60. The molecular weight excluding hydrogens is 272 g/mol. The van der Waals surface area contributed by atoms with Crippen LogP contribution in [0.15, 0.2) is 34.2 Å². The van der Waals surface area contributed by atoms with Crippen molar-refractivity contribution in [3.8, 4) is 0 Å². The van der Waals surface area contributed by atoms with Crippen LogP contribution in [0.5, 0.6) is 0 Å². The van der Waals surface area contributed by atoms with Crippen LogP contribution in [0, 0.1) is 0 Å². The topological polar surface area (TPSA) is 41.6 Å². The van der Waals surface area contributed by atoms with Gasteiger partial charge in [-0.3, -0.25) is 4.79 Å². The van der Waals surface area contributed by atoms with Gasteiger partial charge in [-0.15, -0.1) is 0 Å². The number of rotatable bonds is 6. The molecule has 2 rings (SSSR count). The summed E-state index contributed by atoms with van der Waals surface area (Å²) in [5.74, 6) is 0.0807. The van der Waals surface area contributed by atoms with Crippen molar-refractivity contribution in [3.63, 3.8) is 0 Å². The number of hydrogen-bond donors (Lipinski definition) is 1. The Balaban J connectivity index is 2.21. The molecule has 108 valence electrons. The summed E-state index contributed by atoms with van der Waals surface area (Å²) in [5.41, 5.74) is 2.23. The zero-order valence-electron chi connectivity index (χ0n) is 12.1. The molecular formula is C15H20N2O2S. The van der Waals surface area contributed by atoms with Crippen molar-refractivity contribution in [2.24, 2.45) is 0 Å². The van der Waals surface area contributed by atoms with E-state index in [4.69, 9.17) is 4.74 Å². The molecule has 1 N–H and O–H groups in total. The lowest BCUT2D eigenvalue weighted by atomic mass is 10.2. The summed E-state index contributed by atoms with van der Waals surface area (Å²) in [6.07, 6.45) is 1.70. The first-order valence-corrected chi connectivity index (χ1v) is 7.52. The number of thioether (sulfide) groups is 1. The van der Waals surface area contributed by atoms with E-state index in [1.807, 2.05) is 0 Å². The van der Waals surface area contributed by atoms with Gasteiger partial charge in [-0.2, -0.15) is 0 Å². The fourth-order valence-corrected chi connectivity index (χ4v) is 3.31. The van der Waals surface area contributed by atoms with Gasteiger partial charge < -0.3 is 15.0 Å². The van der Waals surface area contributed by atoms with E-state index in [0.717, 1.165) is 29.5 Å². The second kappa shape index (κ2) is 6.81. The predicted molar refractivity (Wildman–Crippen MR) is 84.4 cm³/mol. The van der Waals surface area contributed by atoms with Gasteiger partial charge in [-0.25, -0.2) is 0 Å². The smallest absolute Gasteiger partial charge is 0.155 e. The van der Waals surface area contributed by atoms with Crippen molar-refractivity contribution in [2.45, 2.75) is 18.7 Å². The summed E-state index contributed by atoms with van der Waals surface area (Å²) in [5, 5.41) is 4.33. The lowest BCUT2D eigenvalue weighted by Crippen LogP contribution is -2.17. The van der Waals surface area contributed by atoms with Crippen LogP contribution in [-0.2, 0) is 9.53 Å². The molecule has 1 aromatic rings. The Morgan fingerprint density at radius 2 is 2.30 bits per heavy atom. The van der Waals surface area contributed by atoms with Crippen LogP contribution in [0.2, 0.25) is 0 Å². The maximum atomic E-state index is 11.3. The molecule has 0 unspecified atom stereocenters. The number of nitrogens with zero attached hydrogens (tertiary/aromatic N) is 1. The largest absolute Gasteiger partial charge is 0.383 e. The summed E-state index contributed by atoms with van der Waals surface area (Å²) >= 11 is 1.65. The highest BCUT2D eigenvalue weighted by atomic mass is 32.2. The van der Waals surface area contributed by atoms with Crippen molar-refractivity contribution in [1.82, 2.24) is 0 Å². The summed E-state index contributed by atoms with van der Waals surface area (Å²) in [4.78, 5) is 14.7. The number of anilines is 2. The Morgan fingerprint density at radius 3 is 2.95 bits per heavy atom. The Kier molecular flexibility index (Phi) is 5.09. The van der Waals surface area contributed by atoms with Crippen LogP contribution >= 0.6 is 11.8 Å². The van der Waals surface area contributed by atoms with Gasteiger partial charge in [-0.1, -0.05) is 11.8 Å². The monoisotopic (exact) mass is 292 g/mol. The van der Waals surface area contributed by atoms with Crippen LogP contribution in [0.25, 0.3) is 0 Å². The zero-order chi connectivity index (χ0) is 14.5. The minimum atomic E-state index is 0.0807. The fraction of sp³-hybridized carbons (Fsp3) is 0.400. The molecule has 1 heterocycles. The van der Waals surface area contributed by atoms with E-state index in [9.17, 15) is 4.79 Å². The van der Waals surface area contributed by atoms with Crippen LogP contribution < -0.4 is 10.2 Å². The number of nitrogens with one attached hydrogen (secondary N) is 1. The van der Waals surface area contributed by atoms with Crippen molar-refractivity contribution < 1.29 is 9.53 Å². The van der Waals surface area contributed by atoms with Crippen molar-refractivity contribution in [1.29, 1.82) is 0 Å². The third-order valence-electron chi connectivity index (χ3n) is 3.01. The molecule has 1 aliphatic heterocycles. The number of carbonyl (C=O) groups excluding carboxylic acids is 1. The molecule has 0 atom stereocenters. The van der Waals surface area contributed by atoms with Gasteiger partial charge in [0, 0.05) is 36.9 Å². The molecule has 0 spiro atoms. The maximum absolute atomic E-state index is 11.3. The minimum absolute atomic E-state index is 0.0807. The summed E-state index contributed by atoms with van der Waals surface area (Å²) in [6.45, 7) is 5.99. The van der Waals surface area contributed by atoms with Crippen molar-refractivity contribution in [3.05, 3.63) is 29.3 Å². The number of fused-ring (bicyclic) bond motifs is 1. The number of hydrogen-bond acceptors (Lipinski definition) is 5. The summed E-state index contributed by atoms with van der Waals surface area (Å²) < 4.78 is 5.04. The van der Waals surface area contributed by atoms with Crippen molar-refractivity contribution in [2.75, 3.05) is 37.0 Å². The normalized spacial score (nSPS) is 15.6. The molecule has 20 heavy (non-hydrogen) atoms. The number of allylic oxidation sites excluding steroid dienone is 1. The number of benzene rings is 1. The third kappa shape index (κ3) is 3.35. The highest BCUT2D eigenvalue weighted by Gasteiger charge is 2.24. The van der Waals surface area contributed by atoms with Gasteiger partial charge >= 0.3 is 0 Å². The molecule has 0 saturated heterocycles. The van der Waals surface area contributed by atoms with E-state index in [1.165, 1.54) is 4.90 Å². The standard InChI is InChI=1S/C15H20N2O2S/c1-4-17-13-10-12(16-7-8-19-3)5-6-14(13)20-15(17)9-11(2)18/h5-6,9-10,16H,4,7-8H2,1-3H3/b15-9-. The van der Waals surface area contributed by atoms with E-state index in [0.29, 0.717) is 6.61 Å². The van der Waals surface area contributed by atoms with E-state index < -0.39 is 0 Å². The number of ketones is 1. The van der Waals surface area contributed by atoms with Crippen LogP contribution in [0.1, 0.15) is 13.8 Å².